The molecule has 0 radical (unpaired) electrons. The van der Waals surface area contributed by atoms with Gasteiger partial charge in [0.1, 0.15) is 5.75 Å². The highest BCUT2D eigenvalue weighted by Crippen LogP contribution is 2.48. The zero-order valence-electron chi connectivity index (χ0n) is 17.1. The number of amides is 2. The van der Waals surface area contributed by atoms with Crippen LogP contribution in [-0.4, -0.2) is 48.2 Å². The minimum Gasteiger partial charge on any atom is -0.497 e. The molecule has 2 aromatic carbocycles. The molecule has 0 N–H and O–H groups in total. The molecule has 0 aromatic heterocycles. The van der Waals surface area contributed by atoms with Crippen LogP contribution in [0.1, 0.15) is 28.8 Å². The van der Waals surface area contributed by atoms with Crippen molar-refractivity contribution in [3.8, 4) is 5.75 Å². The quantitative estimate of drug-likeness (QED) is 0.579. The minimum atomic E-state index is -0.626. The van der Waals surface area contributed by atoms with E-state index in [9.17, 15) is 14.4 Å². The Labute approximate surface area is 175 Å². The maximum Gasteiger partial charge on any atom is 0.239 e. The van der Waals surface area contributed by atoms with E-state index < -0.39 is 17.9 Å². The number of hydrogen-bond donors (Lipinski definition) is 0. The van der Waals surface area contributed by atoms with Gasteiger partial charge in [0, 0.05) is 11.6 Å². The Morgan fingerprint density at radius 2 is 1.63 bits per heavy atom. The fraction of sp³-hybridized carbons (Fsp3) is 0.375. The Morgan fingerprint density at radius 1 is 0.967 bits per heavy atom. The molecule has 0 unspecified atom stereocenters. The summed E-state index contributed by atoms with van der Waals surface area (Å²) in [7, 11) is 1.57. The Hall–Kier alpha value is -2.99. The molecule has 3 aliphatic heterocycles. The van der Waals surface area contributed by atoms with Crippen molar-refractivity contribution in [1.82, 2.24) is 4.90 Å². The summed E-state index contributed by atoms with van der Waals surface area (Å²) < 4.78 is 5.18. The van der Waals surface area contributed by atoms with Crippen LogP contribution >= 0.6 is 0 Å². The molecule has 0 saturated carbocycles. The maximum atomic E-state index is 13.5. The number of ether oxygens (including phenoxy) is 1. The predicted molar refractivity (Wildman–Crippen MR) is 111 cm³/mol. The predicted octanol–water partition coefficient (Wildman–Crippen LogP) is 2.84. The van der Waals surface area contributed by atoms with Crippen LogP contribution in [0.5, 0.6) is 5.75 Å². The van der Waals surface area contributed by atoms with Gasteiger partial charge in [-0.05, 0) is 50.6 Å². The minimum absolute atomic E-state index is 0.0471. The summed E-state index contributed by atoms with van der Waals surface area (Å²) >= 11 is 0. The summed E-state index contributed by atoms with van der Waals surface area (Å²) in [4.78, 5) is 43.7. The van der Waals surface area contributed by atoms with E-state index in [4.69, 9.17) is 4.74 Å². The number of carbonyl (C=O) groups is 3. The van der Waals surface area contributed by atoms with Crippen LogP contribution < -0.4 is 9.64 Å². The van der Waals surface area contributed by atoms with E-state index >= 15 is 0 Å². The molecule has 3 aliphatic rings. The van der Waals surface area contributed by atoms with E-state index in [2.05, 4.69) is 4.90 Å². The van der Waals surface area contributed by atoms with Crippen LogP contribution in [0.3, 0.4) is 0 Å². The molecule has 6 nitrogen and oxygen atoms in total. The molecular formula is C24H24N2O4. The summed E-state index contributed by atoms with van der Waals surface area (Å²) in [5.74, 6) is -0.943. The van der Waals surface area contributed by atoms with E-state index in [-0.39, 0.29) is 23.6 Å². The van der Waals surface area contributed by atoms with Gasteiger partial charge in [0.15, 0.2) is 5.78 Å². The third-order valence-electron chi connectivity index (χ3n) is 6.79. The lowest BCUT2D eigenvalue weighted by Crippen LogP contribution is -2.46. The molecule has 154 valence electrons. The molecule has 0 aliphatic carbocycles. The van der Waals surface area contributed by atoms with Gasteiger partial charge in [-0.3, -0.25) is 19.3 Å². The monoisotopic (exact) mass is 404 g/mol. The summed E-state index contributed by atoms with van der Waals surface area (Å²) in [6.07, 6.45) is 1.78. The van der Waals surface area contributed by atoms with Crippen LogP contribution in [0.2, 0.25) is 0 Å². The Morgan fingerprint density at radius 3 is 2.30 bits per heavy atom. The molecule has 5 rings (SSSR count). The maximum absolute atomic E-state index is 13.5. The van der Waals surface area contributed by atoms with Gasteiger partial charge in [0.05, 0.1) is 30.7 Å². The lowest BCUT2D eigenvalue weighted by Gasteiger charge is -2.27. The van der Waals surface area contributed by atoms with Gasteiger partial charge in [0.25, 0.3) is 0 Å². The normalized spacial score (nSPS) is 28.0. The van der Waals surface area contributed by atoms with Gasteiger partial charge >= 0.3 is 0 Å². The molecule has 2 amide bonds. The fourth-order valence-corrected chi connectivity index (χ4v) is 5.39. The highest BCUT2D eigenvalue weighted by molar-refractivity contribution is 6.24. The van der Waals surface area contributed by atoms with Crippen LogP contribution in [0.15, 0.2) is 48.5 Å². The van der Waals surface area contributed by atoms with Gasteiger partial charge in [-0.1, -0.05) is 29.8 Å². The first kappa shape index (κ1) is 19.0. The summed E-state index contributed by atoms with van der Waals surface area (Å²) in [5, 5.41) is 0. The molecular weight excluding hydrogens is 380 g/mol. The number of nitrogens with zero attached hydrogens (tertiary/aromatic N) is 2. The number of benzene rings is 2. The SMILES string of the molecule is COc1ccc(N2C(=O)[C@@H]3[C@@H](C2=O)[C@@H](C(=O)c2ccc(C)cc2)N2CCC[C@H]32)cc1. The zero-order valence-corrected chi connectivity index (χ0v) is 17.1. The molecule has 3 saturated heterocycles. The first-order valence-corrected chi connectivity index (χ1v) is 10.4. The number of Topliss-reactive ketones (excluding diaryl/α,β-unsaturated/α-hetero) is 1. The summed E-state index contributed by atoms with van der Waals surface area (Å²) in [6, 6.07) is 13.7. The number of imide groups is 1. The van der Waals surface area contributed by atoms with E-state index in [1.165, 1.54) is 4.90 Å². The van der Waals surface area contributed by atoms with E-state index in [1.54, 1.807) is 31.4 Å². The number of hydrogen-bond acceptors (Lipinski definition) is 5. The van der Waals surface area contributed by atoms with E-state index in [0.717, 1.165) is 24.9 Å². The van der Waals surface area contributed by atoms with Crippen molar-refractivity contribution in [2.45, 2.75) is 31.8 Å². The van der Waals surface area contributed by atoms with Gasteiger partial charge in [0.2, 0.25) is 11.8 Å². The molecule has 0 bridgehead atoms. The number of aryl methyl sites for hydroxylation is 1. The fourth-order valence-electron chi connectivity index (χ4n) is 5.39. The van der Waals surface area contributed by atoms with Gasteiger partial charge in [-0.2, -0.15) is 0 Å². The standard InChI is InChI=1S/C24H24N2O4/c1-14-5-7-15(8-6-14)22(27)21-20-19(18-4-3-13-25(18)21)23(28)26(24(20)29)16-9-11-17(30-2)12-10-16/h5-12,18-21H,3-4,13H2,1-2H3/t18-,19+,20-,21+/m1/s1. The Bertz CT molecular complexity index is 1010. The Balaban J connectivity index is 1.52. The summed E-state index contributed by atoms with van der Waals surface area (Å²) in [6.45, 7) is 2.73. The molecule has 3 fully saturated rings. The molecule has 3 heterocycles. The van der Waals surface area contributed by atoms with Crippen molar-refractivity contribution in [2.24, 2.45) is 11.8 Å². The molecule has 0 spiro atoms. The van der Waals surface area contributed by atoms with Gasteiger partial charge < -0.3 is 4.74 Å². The average Bonchev–Trinajstić information content (AvgIpc) is 3.40. The lowest BCUT2D eigenvalue weighted by molar-refractivity contribution is -0.123. The number of carbonyl (C=O) groups excluding carboxylic acids is 3. The average molecular weight is 404 g/mol. The van der Waals surface area contributed by atoms with E-state index in [1.807, 2.05) is 31.2 Å². The molecule has 6 heteroatoms. The number of ketones is 1. The van der Waals surface area contributed by atoms with Crippen molar-refractivity contribution in [3.05, 3.63) is 59.7 Å². The molecule has 2 aromatic rings. The largest absolute Gasteiger partial charge is 0.497 e. The highest BCUT2D eigenvalue weighted by atomic mass is 16.5. The van der Waals surface area contributed by atoms with Crippen LogP contribution in [0, 0.1) is 18.8 Å². The number of anilines is 1. The second-order valence-electron chi connectivity index (χ2n) is 8.38. The molecule has 30 heavy (non-hydrogen) atoms. The van der Waals surface area contributed by atoms with Crippen molar-refractivity contribution in [1.29, 1.82) is 0 Å². The van der Waals surface area contributed by atoms with Crippen molar-refractivity contribution in [3.63, 3.8) is 0 Å². The molecule has 4 atom stereocenters. The zero-order chi connectivity index (χ0) is 21.0. The van der Waals surface area contributed by atoms with Crippen molar-refractivity contribution < 1.29 is 19.1 Å². The second-order valence-corrected chi connectivity index (χ2v) is 8.38. The number of fused-ring (bicyclic) bond motifs is 3. The third-order valence-corrected chi connectivity index (χ3v) is 6.79. The third kappa shape index (κ3) is 2.70. The Kier molecular flexibility index (Phi) is 4.47. The van der Waals surface area contributed by atoms with Crippen LogP contribution in [0.25, 0.3) is 0 Å². The van der Waals surface area contributed by atoms with Crippen LogP contribution in [-0.2, 0) is 9.59 Å². The number of methoxy groups -OCH3 is 1. The first-order chi connectivity index (χ1) is 14.5. The first-order valence-electron chi connectivity index (χ1n) is 10.4. The van der Waals surface area contributed by atoms with Gasteiger partial charge in [-0.15, -0.1) is 0 Å². The topological polar surface area (TPSA) is 66.9 Å². The highest BCUT2D eigenvalue weighted by Gasteiger charge is 2.64. The van der Waals surface area contributed by atoms with Crippen molar-refractivity contribution >= 4 is 23.3 Å². The second kappa shape index (κ2) is 7.06. The summed E-state index contributed by atoms with van der Waals surface area (Å²) in [5.41, 5.74) is 2.21. The van der Waals surface area contributed by atoms with Crippen molar-refractivity contribution in [2.75, 3.05) is 18.6 Å². The lowest BCUT2D eigenvalue weighted by atomic mass is 9.85. The number of rotatable bonds is 4. The smallest absolute Gasteiger partial charge is 0.239 e. The van der Waals surface area contributed by atoms with Crippen LogP contribution in [0.4, 0.5) is 5.69 Å². The van der Waals surface area contributed by atoms with Gasteiger partial charge in [-0.25, -0.2) is 4.90 Å². The van der Waals surface area contributed by atoms with E-state index in [0.29, 0.717) is 17.0 Å².